The Bertz CT molecular complexity index is 739. The van der Waals surface area contributed by atoms with E-state index in [1.165, 1.54) is 0 Å². The Morgan fingerprint density at radius 3 is 2.84 bits per heavy atom. The van der Waals surface area contributed by atoms with Gasteiger partial charge in [0.2, 0.25) is 0 Å². The minimum absolute atomic E-state index is 0.542. The van der Waals surface area contributed by atoms with Gasteiger partial charge in [0.05, 0.1) is 5.52 Å². The average Bonchev–Trinajstić information content (AvgIpc) is 2.83. The molecule has 19 heavy (non-hydrogen) atoms. The molecule has 0 aliphatic rings. The van der Waals surface area contributed by atoms with Crippen molar-refractivity contribution >= 4 is 50.0 Å². The van der Waals surface area contributed by atoms with E-state index in [2.05, 4.69) is 36.2 Å². The lowest BCUT2D eigenvalue weighted by Crippen LogP contribution is -2.12. The van der Waals surface area contributed by atoms with Crippen LogP contribution in [-0.4, -0.2) is 19.9 Å². The van der Waals surface area contributed by atoms with Crippen molar-refractivity contribution in [2.45, 2.75) is 0 Å². The van der Waals surface area contributed by atoms with Gasteiger partial charge in [-0.1, -0.05) is 30.4 Å². The van der Waals surface area contributed by atoms with E-state index < -0.39 is 0 Å². The van der Waals surface area contributed by atoms with Crippen molar-refractivity contribution in [2.75, 3.05) is 5.32 Å². The van der Waals surface area contributed by atoms with Crippen LogP contribution in [0.4, 0.5) is 5.69 Å². The van der Waals surface area contributed by atoms with Crippen LogP contribution in [0.3, 0.4) is 0 Å². The fourth-order valence-corrected chi connectivity index (χ4v) is 2.24. The normalized spacial score (nSPS) is 10.6. The minimum Gasteiger partial charge on any atom is -0.344 e. The quantitative estimate of drug-likeness (QED) is 0.705. The van der Waals surface area contributed by atoms with E-state index in [1.807, 2.05) is 36.4 Å². The predicted octanol–water partition coefficient (Wildman–Crippen LogP) is 3.51. The molecule has 0 unspecified atom stereocenters. The smallest absolute Gasteiger partial charge is 0.178 e. The van der Waals surface area contributed by atoms with Gasteiger partial charge in [0.15, 0.2) is 11.5 Å². The van der Waals surface area contributed by atoms with E-state index in [0.717, 1.165) is 15.7 Å². The first-order valence-electron chi connectivity index (χ1n) is 5.60. The maximum Gasteiger partial charge on any atom is 0.178 e. The number of para-hydroxylation sites is 1. The number of benzene rings is 1. The highest BCUT2D eigenvalue weighted by molar-refractivity contribution is 9.10. The zero-order chi connectivity index (χ0) is 13.2. The SMILES string of the molecule is S=C(Nc1ccccc1)c1nc2ncc(Br)cc2[nH]1. The zero-order valence-electron chi connectivity index (χ0n) is 9.72. The highest BCUT2D eigenvalue weighted by Crippen LogP contribution is 2.16. The number of anilines is 1. The largest absolute Gasteiger partial charge is 0.344 e. The molecular weight excluding hydrogens is 324 g/mol. The first-order valence-corrected chi connectivity index (χ1v) is 6.80. The predicted molar refractivity (Wildman–Crippen MR) is 83.4 cm³/mol. The highest BCUT2D eigenvalue weighted by atomic mass is 79.9. The topological polar surface area (TPSA) is 53.6 Å². The number of pyridine rings is 1. The van der Waals surface area contributed by atoms with Crippen LogP contribution in [0.5, 0.6) is 0 Å². The summed E-state index contributed by atoms with van der Waals surface area (Å²) in [5, 5.41) is 3.13. The molecular formula is C13H9BrN4S. The number of thiocarbonyl (C=S) groups is 1. The number of rotatable bonds is 2. The number of aromatic amines is 1. The summed E-state index contributed by atoms with van der Waals surface area (Å²) >= 11 is 8.71. The van der Waals surface area contributed by atoms with E-state index in [-0.39, 0.29) is 0 Å². The molecule has 0 fully saturated rings. The Kier molecular flexibility index (Phi) is 3.27. The van der Waals surface area contributed by atoms with Crippen LogP contribution in [-0.2, 0) is 0 Å². The first-order chi connectivity index (χ1) is 9.22. The third-order valence-corrected chi connectivity index (χ3v) is 3.28. The molecule has 0 saturated heterocycles. The summed E-state index contributed by atoms with van der Waals surface area (Å²) in [5.41, 5.74) is 2.43. The molecule has 94 valence electrons. The van der Waals surface area contributed by atoms with Crippen molar-refractivity contribution in [1.82, 2.24) is 15.0 Å². The van der Waals surface area contributed by atoms with Crippen molar-refractivity contribution in [3.05, 3.63) is 52.9 Å². The van der Waals surface area contributed by atoms with Crippen LogP contribution in [0.15, 0.2) is 47.1 Å². The van der Waals surface area contributed by atoms with Crippen LogP contribution >= 0.6 is 28.1 Å². The Morgan fingerprint density at radius 2 is 2.05 bits per heavy atom. The molecule has 0 spiro atoms. The molecule has 1 aromatic carbocycles. The van der Waals surface area contributed by atoms with Gasteiger partial charge in [0, 0.05) is 16.4 Å². The van der Waals surface area contributed by atoms with Crippen molar-refractivity contribution in [1.29, 1.82) is 0 Å². The number of hydrogen-bond donors (Lipinski definition) is 2. The molecule has 6 heteroatoms. The lowest BCUT2D eigenvalue weighted by atomic mass is 10.3. The zero-order valence-corrected chi connectivity index (χ0v) is 12.1. The second-order valence-corrected chi connectivity index (χ2v) is 5.25. The fourth-order valence-electron chi connectivity index (χ4n) is 1.69. The number of aromatic nitrogens is 3. The molecule has 0 amide bonds. The van der Waals surface area contributed by atoms with E-state index in [1.54, 1.807) is 6.20 Å². The summed E-state index contributed by atoms with van der Waals surface area (Å²) in [6.45, 7) is 0. The Hall–Kier alpha value is -1.79. The standard InChI is InChI=1S/C13H9BrN4S/c14-8-6-10-11(15-7-8)18-12(17-10)13(19)16-9-4-2-1-3-5-9/h1-7H,(H,16,19)(H,15,17,18). The van der Waals surface area contributed by atoms with Gasteiger partial charge in [0.25, 0.3) is 0 Å². The molecule has 3 aromatic rings. The van der Waals surface area contributed by atoms with Crippen molar-refractivity contribution in [3.8, 4) is 0 Å². The second-order valence-electron chi connectivity index (χ2n) is 3.93. The summed E-state index contributed by atoms with van der Waals surface area (Å²) in [6.07, 6.45) is 1.71. The van der Waals surface area contributed by atoms with Crippen molar-refractivity contribution < 1.29 is 0 Å². The molecule has 0 atom stereocenters. The molecule has 3 rings (SSSR count). The Balaban J connectivity index is 1.89. The Morgan fingerprint density at radius 1 is 1.26 bits per heavy atom. The van der Waals surface area contributed by atoms with Gasteiger partial charge in [-0.15, -0.1) is 0 Å². The second kappa shape index (κ2) is 5.07. The monoisotopic (exact) mass is 332 g/mol. The first kappa shape index (κ1) is 12.3. The van der Waals surface area contributed by atoms with E-state index >= 15 is 0 Å². The summed E-state index contributed by atoms with van der Waals surface area (Å²) in [6, 6.07) is 11.7. The maximum atomic E-state index is 5.33. The lowest BCUT2D eigenvalue weighted by Gasteiger charge is -2.04. The van der Waals surface area contributed by atoms with Gasteiger partial charge in [-0.25, -0.2) is 9.97 Å². The molecule has 0 aliphatic heterocycles. The summed E-state index contributed by atoms with van der Waals surface area (Å²) < 4.78 is 0.900. The number of nitrogens with one attached hydrogen (secondary N) is 2. The van der Waals surface area contributed by atoms with Gasteiger partial charge in [-0.05, 0) is 34.1 Å². The van der Waals surface area contributed by atoms with Gasteiger partial charge in [-0.3, -0.25) is 0 Å². The van der Waals surface area contributed by atoms with E-state index in [0.29, 0.717) is 16.5 Å². The van der Waals surface area contributed by atoms with Crippen molar-refractivity contribution in [3.63, 3.8) is 0 Å². The van der Waals surface area contributed by atoms with Crippen LogP contribution in [0.25, 0.3) is 11.2 Å². The molecule has 0 saturated carbocycles. The average molecular weight is 333 g/mol. The van der Waals surface area contributed by atoms with Gasteiger partial charge >= 0.3 is 0 Å². The summed E-state index contributed by atoms with van der Waals surface area (Å²) in [7, 11) is 0. The molecule has 2 heterocycles. The molecule has 2 N–H and O–H groups in total. The van der Waals surface area contributed by atoms with E-state index in [4.69, 9.17) is 12.2 Å². The molecule has 2 aromatic heterocycles. The number of imidazole rings is 1. The fraction of sp³-hybridized carbons (Fsp3) is 0. The number of halogens is 1. The van der Waals surface area contributed by atoms with Gasteiger partial charge in [-0.2, -0.15) is 0 Å². The highest BCUT2D eigenvalue weighted by Gasteiger charge is 2.09. The number of H-pyrrole nitrogens is 1. The minimum atomic E-state index is 0.542. The third kappa shape index (κ3) is 2.64. The maximum absolute atomic E-state index is 5.33. The third-order valence-electron chi connectivity index (χ3n) is 2.55. The molecule has 0 bridgehead atoms. The van der Waals surface area contributed by atoms with Crippen molar-refractivity contribution in [2.24, 2.45) is 0 Å². The summed E-state index contributed by atoms with van der Waals surface area (Å²) in [4.78, 5) is 12.3. The van der Waals surface area contributed by atoms with Crippen LogP contribution in [0.2, 0.25) is 0 Å². The lowest BCUT2D eigenvalue weighted by molar-refractivity contribution is 1.27. The molecule has 0 radical (unpaired) electrons. The Labute approximate surface area is 123 Å². The van der Waals surface area contributed by atoms with Crippen LogP contribution in [0.1, 0.15) is 5.82 Å². The van der Waals surface area contributed by atoms with E-state index in [9.17, 15) is 0 Å². The molecule has 0 aliphatic carbocycles. The van der Waals surface area contributed by atoms with Gasteiger partial charge < -0.3 is 10.3 Å². The number of fused-ring (bicyclic) bond motifs is 1. The van der Waals surface area contributed by atoms with Gasteiger partial charge in [0.1, 0.15) is 4.99 Å². The van der Waals surface area contributed by atoms with Crippen LogP contribution in [0, 0.1) is 0 Å². The molecule has 4 nitrogen and oxygen atoms in total. The van der Waals surface area contributed by atoms with Crippen LogP contribution < -0.4 is 5.32 Å². The number of hydrogen-bond acceptors (Lipinski definition) is 3. The summed E-state index contributed by atoms with van der Waals surface area (Å²) in [5.74, 6) is 0.611. The number of nitrogens with zero attached hydrogens (tertiary/aromatic N) is 2.